The van der Waals surface area contributed by atoms with Crippen molar-refractivity contribution in [1.29, 1.82) is 0 Å². The fourth-order valence-electron chi connectivity index (χ4n) is 1.93. The second-order valence-corrected chi connectivity index (χ2v) is 4.18. The van der Waals surface area contributed by atoms with Crippen molar-refractivity contribution in [2.75, 3.05) is 13.1 Å². The molecule has 2 N–H and O–H groups in total. The van der Waals surface area contributed by atoms with Crippen molar-refractivity contribution in [3.05, 3.63) is 27.9 Å². The molecule has 4 nitrogen and oxygen atoms in total. The lowest BCUT2D eigenvalue weighted by Gasteiger charge is -2.12. The molecule has 0 spiro atoms. The Morgan fingerprint density at radius 2 is 2.33 bits per heavy atom. The molecule has 15 heavy (non-hydrogen) atoms. The second-order valence-electron chi connectivity index (χ2n) is 4.18. The van der Waals surface area contributed by atoms with Crippen LogP contribution in [0.25, 0.3) is 0 Å². The molecular weight excluding hydrogens is 190 g/mol. The maximum absolute atomic E-state index is 11.5. The molecule has 1 aliphatic heterocycles. The number of rotatable bonds is 1. The van der Waals surface area contributed by atoms with Crippen LogP contribution in [0.2, 0.25) is 0 Å². The van der Waals surface area contributed by atoms with Crippen molar-refractivity contribution in [3.63, 3.8) is 0 Å². The summed E-state index contributed by atoms with van der Waals surface area (Å²) in [6, 6.07) is 0. The zero-order valence-corrected chi connectivity index (χ0v) is 9.05. The molecule has 2 heterocycles. The number of nitrogens with one attached hydrogen (secondary N) is 2. The van der Waals surface area contributed by atoms with E-state index in [0.29, 0.717) is 11.5 Å². The number of hydrogen-bond acceptors (Lipinski definition) is 3. The van der Waals surface area contributed by atoms with Gasteiger partial charge in [0.15, 0.2) is 0 Å². The van der Waals surface area contributed by atoms with E-state index >= 15 is 0 Å². The van der Waals surface area contributed by atoms with Crippen LogP contribution >= 0.6 is 0 Å². The fourth-order valence-corrected chi connectivity index (χ4v) is 1.93. The average Bonchev–Trinajstić information content (AvgIpc) is 2.50. The largest absolute Gasteiger partial charge is 0.316 e. The minimum atomic E-state index is -0.00996. The summed E-state index contributed by atoms with van der Waals surface area (Å²) in [5.74, 6) is 1.20. The number of H-pyrrole nitrogens is 1. The molecule has 0 amide bonds. The van der Waals surface area contributed by atoms with Gasteiger partial charge in [0.2, 0.25) is 0 Å². The third-order valence-electron chi connectivity index (χ3n) is 2.93. The lowest BCUT2D eigenvalue weighted by Crippen LogP contribution is -2.23. The van der Waals surface area contributed by atoms with Gasteiger partial charge in [-0.25, -0.2) is 4.98 Å². The molecular formula is C11H17N3O. The summed E-state index contributed by atoms with van der Waals surface area (Å²) in [5, 5.41) is 3.37. The highest BCUT2D eigenvalue weighted by atomic mass is 16.1. The molecule has 1 saturated heterocycles. The second kappa shape index (κ2) is 4.57. The normalized spacial score (nSPS) is 22.3. The van der Waals surface area contributed by atoms with Crippen LogP contribution in [0.3, 0.4) is 0 Å². The Balaban J connectivity index is 2.20. The zero-order chi connectivity index (χ0) is 10.7. The Labute approximate surface area is 89.1 Å². The Bertz CT molecular complexity index is 378. The Morgan fingerprint density at radius 3 is 3.13 bits per heavy atom. The van der Waals surface area contributed by atoms with Crippen LogP contribution in [0.4, 0.5) is 0 Å². The molecule has 4 heteroatoms. The van der Waals surface area contributed by atoms with E-state index in [1.807, 2.05) is 0 Å². The quantitative estimate of drug-likeness (QED) is 0.720. The smallest absolute Gasteiger partial charge is 0.253 e. The number of aryl methyl sites for hydroxylation is 1. The molecule has 2 rings (SSSR count). The molecule has 1 unspecified atom stereocenters. The summed E-state index contributed by atoms with van der Waals surface area (Å²) < 4.78 is 0. The van der Waals surface area contributed by atoms with Gasteiger partial charge in [0.25, 0.3) is 5.56 Å². The van der Waals surface area contributed by atoms with Gasteiger partial charge < -0.3 is 10.3 Å². The Morgan fingerprint density at radius 1 is 1.47 bits per heavy atom. The molecule has 82 valence electrons. The molecule has 0 bridgehead atoms. The fraction of sp³-hybridized carbons (Fsp3) is 0.636. The zero-order valence-electron chi connectivity index (χ0n) is 9.05. The molecule has 0 saturated carbocycles. The summed E-state index contributed by atoms with van der Waals surface area (Å²) in [6.07, 6.45) is 5.19. The summed E-state index contributed by atoms with van der Waals surface area (Å²) in [4.78, 5) is 18.6. The van der Waals surface area contributed by atoms with Crippen LogP contribution in [0.5, 0.6) is 0 Å². The van der Waals surface area contributed by atoms with E-state index in [1.54, 1.807) is 13.1 Å². The first kappa shape index (κ1) is 10.4. The molecule has 1 aromatic heterocycles. The van der Waals surface area contributed by atoms with Crippen LogP contribution in [0, 0.1) is 6.92 Å². The number of nitrogens with zero attached hydrogens (tertiary/aromatic N) is 1. The summed E-state index contributed by atoms with van der Waals surface area (Å²) in [6.45, 7) is 3.78. The minimum absolute atomic E-state index is 0.00996. The van der Waals surface area contributed by atoms with Crippen molar-refractivity contribution in [2.45, 2.75) is 32.1 Å². The van der Waals surface area contributed by atoms with Crippen LogP contribution in [0.1, 0.15) is 36.6 Å². The van der Waals surface area contributed by atoms with Crippen LogP contribution in [-0.2, 0) is 0 Å². The van der Waals surface area contributed by atoms with E-state index in [2.05, 4.69) is 15.3 Å². The lowest BCUT2D eigenvalue weighted by molar-refractivity contribution is 0.575. The van der Waals surface area contributed by atoms with Crippen molar-refractivity contribution in [1.82, 2.24) is 15.3 Å². The van der Waals surface area contributed by atoms with E-state index in [-0.39, 0.29) is 5.56 Å². The first-order chi connectivity index (χ1) is 7.27. The van der Waals surface area contributed by atoms with E-state index < -0.39 is 0 Å². The Kier molecular flexibility index (Phi) is 3.16. The van der Waals surface area contributed by atoms with Gasteiger partial charge in [0.1, 0.15) is 5.82 Å². The van der Waals surface area contributed by atoms with E-state index in [0.717, 1.165) is 25.3 Å². The van der Waals surface area contributed by atoms with Crippen LogP contribution < -0.4 is 10.9 Å². The average molecular weight is 207 g/mol. The van der Waals surface area contributed by atoms with Crippen molar-refractivity contribution in [2.24, 2.45) is 0 Å². The van der Waals surface area contributed by atoms with E-state index in [4.69, 9.17) is 0 Å². The maximum Gasteiger partial charge on any atom is 0.253 e. The van der Waals surface area contributed by atoms with Crippen LogP contribution in [0.15, 0.2) is 11.0 Å². The molecule has 0 aliphatic carbocycles. The van der Waals surface area contributed by atoms with Crippen molar-refractivity contribution in [3.8, 4) is 0 Å². The predicted octanol–water partition coefficient (Wildman–Crippen LogP) is 0.935. The molecule has 0 radical (unpaired) electrons. The predicted molar refractivity (Wildman–Crippen MR) is 59.1 cm³/mol. The highest BCUT2D eigenvalue weighted by molar-refractivity contribution is 5.06. The Hall–Kier alpha value is -1.16. The van der Waals surface area contributed by atoms with Gasteiger partial charge in [-0.15, -0.1) is 0 Å². The summed E-state index contributed by atoms with van der Waals surface area (Å²) in [7, 11) is 0. The number of aromatic amines is 1. The van der Waals surface area contributed by atoms with Gasteiger partial charge >= 0.3 is 0 Å². The van der Waals surface area contributed by atoms with Gasteiger partial charge in [-0.05, 0) is 26.3 Å². The van der Waals surface area contributed by atoms with Gasteiger partial charge in [-0.1, -0.05) is 6.42 Å². The molecule has 0 aromatic carbocycles. The SMILES string of the molecule is Cc1cnc(C2CCCCNC2)[nH]c1=O. The van der Waals surface area contributed by atoms with Gasteiger partial charge in [0, 0.05) is 24.2 Å². The van der Waals surface area contributed by atoms with Crippen molar-refractivity contribution >= 4 is 0 Å². The summed E-state index contributed by atoms with van der Waals surface area (Å²) >= 11 is 0. The van der Waals surface area contributed by atoms with Crippen LogP contribution in [-0.4, -0.2) is 23.1 Å². The standard InChI is InChI=1S/C11H17N3O/c1-8-6-13-10(14-11(8)15)9-4-2-3-5-12-7-9/h6,9,12H,2-5,7H2,1H3,(H,13,14,15). The minimum Gasteiger partial charge on any atom is -0.316 e. The maximum atomic E-state index is 11.5. The topological polar surface area (TPSA) is 57.8 Å². The third kappa shape index (κ3) is 2.45. The molecule has 1 aliphatic rings. The van der Waals surface area contributed by atoms with Gasteiger partial charge in [-0.3, -0.25) is 4.79 Å². The number of aromatic nitrogens is 2. The van der Waals surface area contributed by atoms with E-state index in [9.17, 15) is 4.79 Å². The molecule has 1 fully saturated rings. The molecule has 1 atom stereocenters. The van der Waals surface area contributed by atoms with Crippen molar-refractivity contribution < 1.29 is 0 Å². The first-order valence-corrected chi connectivity index (χ1v) is 5.54. The van der Waals surface area contributed by atoms with Gasteiger partial charge in [0.05, 0.1) is 0 Å². The van der Waals surface area contributed by atoms with Gasteiger partial charge in [-0.2, -0.15) is 0 Å². The monoisotopic (exact) mass is 207 g/mol. The molecule has 1 aromatic rings. The number of hydrogen-bond donors (Lipinski definition) is 2. The highest BCUT2D eigenvalue weighted by Gasteiger charge is 2.16. The highest BCUT2D eigenvalue weighted by Crippen LogP contribution is 2.19. The summed E-state index contributed by atoms with van der Waals surface area (Å²) in [5.41, 5.74) is 0.671. The third-order valence-corrected chi connectivity index (χ3v) is 2.93. The lowest BCUT2D eigenvalue weighted by atomic mass is 10.0. The first-order valence-electron chi connectivity index (χ1n) is 5.54. The van der Waals surface area contributed by atoms with E-state index in [1.165, 1.54) is 12.8 Å².